The fourth-order valence-electron chi connectivity index (χ4n) is 14.0. The van der Waals surface area contributed by atoms with Gasteiger partial charge in [-0.1, -0.05) is 188 Å². The first kappa shape index (κ1) is 36.0. The maximum atomic E-state index is 2.67. The van der Waals surface area contributed by atoms with E-state index in [4.69, 9.17) is 0 Å². The van der Waals surface area contributed by atoms with Gasteiger partial charge in [-0.15, -0.1) is 0 Å². The number of rotatable bonds is 1. The quantitative estimate of drug-likeness (QED) is 0.146. The number of benzene rings is 13. The van der Waals surface area contributed by atoms with Crippen molar-refractivity contribution in [3.8, 4) is 17.1 Å². The number of nitrogens with zero attached hydrogens (tertiary/aromatic N) is 3. The van der Waals surface area contributed by atoms with Crippen LogP contribution in [-0.2, 0) is 0 Å². The Bertz CT molecular complexity index is 4920. The van der Waals surface area contributed by atoms with Crippen LogP contribution in [0.25, 0.3) is 147 Å². The van der Waals surface area contributed by atoms with Gasteiger partial charge in [0.15, 0.2) is 0 Å². The molecule has 0 amide bonds. The summed E-state index contributed by atoms with van der Waals surface area (Å²) in [4.78, 5) is 0. The second kappa shape index (κ2) is 12.5. The van der Waals surface area contributed by atoms with Crippen molar-refractivity contribution in [3.05, 3.63) is 218 Å². The third kappa shape index (κ3) is 4.19. The van der Waals surface area contributed by atoms with Crippen LogP contribution in [-0.4, -0.2) is 20.4 Å². The first-order chi connectivity index (χ1) is 34.8. The molecule has 0 aliphatic carbocycles. The molecule has 0 saturated heterocycles. The van der Waals surface area contributed by atoms with E-state index in [2.05, 4.69) is 232 Å². The summed E-state index contributed by atoms with van der Waals surface area (Å²) in [5, 5.41) is 23.1. The lowest BCUT2D eigenvalue weighted by molar-refractivity contribution is 1.11. The molecule has 2 aliphatic heterocycles. The normalized spacial score (nSPS) is 13.1. The SMILES string of the molecule is c1ccc2c(c1)ccc1c2c2c3ccccc3cc3c2n1-c1cc(-n2c4ccc5ccccc5c4c4ccc5ccccc5c42)cc2c1B3c1cc3ccccc3c3c4c5ccccc5ccc4n-2c13. The van der Waals surface area contributed by atoms with Crippen molar-refractivity contribution >= 4 is 153 Å². The van der Waals surface area contributed by atoms with Crippen molar-refractivity contribution in [1.29, 1.82) is 0 Å². The van der Waals surface area contributed by atoms with Gasteiger partial charge in [0.1, 0.15) is 0 Å². The maximum absolute atomic E-state index is 2.67. The summed E-state index contributed by atoms with van der Waals surface area (Å²) < 4.78 is 7.94. The summed E-state index contributed by atoms with van der Waals surface area (Å²) >= 11 is 0. The van der Waals surface area contributed by atoms with Crippen molar-refractivity contribution in [3.63, 3.8) is 0 Å². The Kier molecular flexibility index (Phi) is 6.43. The Morgan fingerprint density at radius 1 is 0.257 bits per heavy atom. The summed E-state index contributed by atoms with van der Waals surface area (Å²) in [7, 11) is 0. The number of hydrogen-bond acceptors (Lipinski definition) is 0. The first-order valence-corrected chi connectivity index (χ1v) is 24.5. The second-order valence-electron chi connectivity index (χ2n) is 19.9. The molecule has 0 saturated carbocycles. The molecular formula is C66H36BN3. The van der Waals surface area contributed by atoms with Gasteiger partial charge in [0.25, 0.3) is 6.71 Å². The molecular weight excluding hydrogens is 846 g/mol. The lowest BCUT2D eigenvalue weighted by atomic mass is 9.34. The van der Waals surface area contributed by atoms with Gasteiger partial charge in [0.05, 0.1) is 38.8 Å². The summed E-state index contributed by atoms with van der Waals surface area (Å²) in [6, 6.07) is 83.1. The standard InChI is InChI=1S/C66H36BN3/c1-7-19-44-37(13-1)26-30-53-58(44)50-29-25-40-16-4-12-24-49(40)64(50)68(53)43-35-56-63-57(36-43)70-55-32-28-39-15-3-9-21-46(39)60(55)62-48-23-11-6-18-42(48)34-52(66(62)70)67(63)51-33-41-17-5-10-22-47(41)61-59-45-20-8-2-14-38(45)27-31-54(59)69(56)65(51)61/h1-36H. The molecule has 4 heteroatoms. The number of hydrogen-bond donors (Lipinski definition) is 0. The lowest BCUT2D eigenvalue weighted by Gasteiger charge is -2.35. The molecule has 16 aromatic rings. The van der Waals surface area contributed by atoms with Crippen LogP contribution in [0.5, 0.6) is 0 Å². The minimum absolute atomic E-state index is 0.0349. The van der Waals surface area contributed by atoms with Crippen LogP contribution in [0.2, 0.25) is 0 Å². The molecule has 13 aromatic carbocycles. The van der Waals surface area contributed by atoms with Gasteiger partial charge >= 0.3 is 0 Å². The number of aromatic nitrogens is 3. The molecule has 0 atom stereocenters. The first-order valence-electron chi connectivity index (χ1n) is 24.5. The van der Waals surface area contributed by atoms with Crippen LogP contribution in [0, 0.1) is 0 Å². The molecule has 0 fully saturated rings. The zero-order chi connectivity index (χ0) is 45.1. The highest BCUT2D eigenvalue weighted by atomic mass is 15.1. The Morgan fingerprint density at radius 2 is 0.629 bits per heavy atom. The fourth-order valence-corrected chi connectivity index (χ4v) is 14.0. The minimum Gasteiger partial charge on any atom is -0.310 e. The second-order valence-corrected chi connectivity index (χ2v) is 19.9. The predicted molar refractivity (Wildman–Crippen MR) is 299 cm³/mol. The molecule has 0 spiro atoms. The highest BCUT2D eigenvalue weighted by Gasteiger charge is 2.42. The van der Waals surface area contributed by atoms with E-state index in [1.54, 1.807) is 0 Å². The van der Waals surface area contributed by atoms with Crippen LogP contribution in [0.4, 0.5) is 0 Å². The largest absolute Gasteiger partial charge is 0.310 e. The smallest absolute Gasteiger partial charge is 0.252 e. The summed E-state index contributed by atoms with van der Waals surface area (Å²) in [5.41, 5.74) is 15.2. The van der Waals surface area contributed by atoms with E-state index in [-0.39, 0.29) is 6.71 Å². The van der Waals surface area contributed by atoms with Crippen molar-refractivity contribution in [2.45, 2.75) is 0 Å². The van der Waals surface area contributed by atoms with Crippen LogP contribution in [0.15, 0.2) is 218 Å². The van der Waals surface area contributed by atoms with Crippen molar-refractivity contribution < 1.29 is 0 Å². The van der Waals surface area contributed by atoms with Crippen molar-refractivity contribution in [2.24, 2.45) is 0 Å². The molecule has 3 nitrogen and oxygen atoms in total. The molecule has 5 heterocycles. The molecule has 0 N–H and O–H groups in total. The predicted octanol–water partition coefficient (Wildman–Crippen LogP) is 15.0. The minimum atomic E-state index is -0.0349. The molecule has 0 bridgehead atoms. The number of fused-ring (bicyclic) bond motifs is 25. The van der Waals surface area contributed by atoms with Crippen molar-refractivity contribution in [2.75, 3.05) is 0 Å². The van der Waals surface area contributed by atoms with Crippen LogP contribution < -0.4 is 16.4 Å². The van der Waals surface area contributed by atoms with Crippen LogP contribution >= 0.6 is 0 Å². The molecule has 318 valence electrons. The summed E-state index contributed by atoms with van der Waals surface area (Å²) in [5.74, 6) is 0. The molecule has 2 aliphatic rings. The Hall–Kier alpha value is -9.12. The van der Waals surface area contributed by atoms with E-state index < -0.39 is 0 Å². The third-order valence-corrected chi connectivity index (χ3v) is 16.7. The highest BCUT2D eigenvalue weighted by Crippen LogP contribution is 2.48. The van der Waals surface area contributed by atoms with Gasteiger partial charge in [0.2, 0.25) is 0 Å². The van der Waals surface area contributed by atoms with Crippen LogP contribution in [0.1, 0.15) is 0 Å². The highest BCUT2D eigenvalue weighted by molar-refractivity contribution is 7.00. The van der Waals surface area contributed by atoms with Crippen LogP contribution in [0.3, 0.4) is 0 Å². The Morgan fingerprint density at radius 3 is 1.11 bits per heavy atom. The third-order valence-electron chi connectivity index (χ3n) is 16.7. The monoisotopic (exact) mass is 881 g/mol. The molecule has 0 radical (unpaired) electrons. The van der Waals surface area contributed by atoms with E-state index in [9.17, 15) is 0 Å². The Labute approximate surface area is 400 Å². The van der Waals surface area contributed by atoms with E-state index in [0.29, 0.717) is 0 Å². The average molecular weight is 882 g/mol. The molecule has 0 unspecified atom stereocenters. The summed E-state index contributed by atoms with van der Waals surface area (Å²) in [6.45, 7) is -0.0349. The molecule has 3 aromatic heterocycles. The van der Waals surface area contributed by atoms with Gasteiger partial charge in [-0.2, -0.15) is 0 Å². The van der Waals surface area contributed by atoms with Gasteiger partial charge in [-0.25, -0.2) is 0 Å². The van der Waals surface area contributed by atoms with Gasteiger partial charge < -0.3 is 13.7 Å². The lowest BCUT2D eigenvalue weighted by Crippen LogP contribution is -2.59. The maximum Gasteiger partial charge on any atom is 0.252 e. The van der Waals surface area contributed by atoms with E-state index >= 15 is 0 Å². The Balaban J connectivity index is 1.12. The van der Waals surface area contributed by atoms with Gasteiger partial charge in [-0.3, -0.25) is 0 Å². The average Bonchev–Trinajstić information content (AvgIpc) is 4.09. The zero-order valence-electron chi connectivity index (χ0n) is 37.7. The molecule has 70 heavy (non-hydrogen) atoms. The fraction of sp³-hybridized carbons (Fsp3) is 0. The zero-order valence-corrected chi connectivity index (χ0v) is 37.7. The van der Waals surface area contributed by atoms with E-state index in [1.165, 1.54) is 158 Å². The van der Waals surface area contributed by atoms with E-state index in [1.807, 2.05) is 0 Å². The van der Waals surface area contributed by atoms with E-state index in [0.717, 1.165) is 5.69 Å². The van der Waals surface area contributed by atoms with Gasteiger partial charge in [0, 0.05) is 49.1 Å². The summed E-state index contributed by atoms with van der Waals surface area (Å²) in [6.07, 6.45) is 0. The van der Waals surface area contributed by atoms with Crippen molar-refractivity contribution in [1.82, 2.24) is 13.7 Å². The molecule has 18 rings (SSSR count). The van der Waals surface area contributed by atoms with Gasteiger partial charge in [-0.05, 0) is 106 Å². The topological polar surface area (TPSA) is 14.8 Å².